The number of methoxy groups -OCH3 is 1. The highest BCUT2D eigenvalue weighted by molar-refractivity contribution is 5.33. The maximum absolute atomic E-state index is 5.39. The maximum Gasteiger partial charge on any atom is 0.118 e. The molecular formula is C24H34N4O. The zero-order valence-corrected chi connectivity index (χ0v) is 18.1. The zero-order chi connectivity index (χ0) is 20.0. The Morgan fingerprint density at radius 1 is 1.10 bits per heavy atom. The van der Waals surface area contributed by atoms with Gasteiger partial charge in [0.25, 0.3) is 0 Å². The van der Waals surface area contributed by atoms with E-state index in [-0.39, 0.29) is 0 Å². The molecule has 5 nitrogen and oxygen atoms in total. The summed E-state index contributed by atoms with van der Waals surface area (Å²) in [5.41, 5.74) is 4.07. The van der Waals surface area contributed by atoms with Crippen molar-refractivity contribution in [1.29, 1.82) is 0 Å². The standard InChI is InChI=1S/C24H34N4O/c1-4-11-28-15-20(17(2)25-28)14-27-16-22(18-5-7-21(29-3)8-6-18)24-23(27)19-9-12-26(24)13-10-19/h5-8,15,19,22-24H,4,9-14,16H2,1-3H3/t22-,23+,24+/m1/s1. The summed E-state index contributed by atoms with van der Waals surface area (Å²) in [5.74, 6) is 2.38. The molecule has 0 unspecified atom stereocenters. The molecule has 0 amide bonds. The molecule has 1 aromatic carbocycles. The molecule has 0 radical (unpaired) electrons. The fourth-order valence-electron chi connectivity index (χ4n) is 6.14. The number of benzene rings is 1. The number of rotatable bonds is 6. The number of fused-ring (bicyclic) bond motifs is 2. The molecule has 5 heterocycles. The van der Waals surface area contributed by atoms with Gasteiger partial charge in [0.2, 0.25) is 0 Å². The molecule has 5 heteroatoms. The first-order chi connectivity index (χ1) is 14.2. The molecule has 2 aromatic rings. The van der Waals surface area contributed by atoms with Crippen LogP contribution >= 0.6 is 0 Å². The van der Waals surface area contributed by atoms with Crippen LogP contribution < -0.4 is 4.74 Å². The predicted molar refractivity (Wildman–Crippen MR) is 115 cm³/mol. The van der Waals surface area contributed by atoms with Crippen LogP contribution in [0.2, 0.25) is 0 Å². The van der Waals surface area contributed by atoms with Gasteiger partial charge in [0.15, 0.2) is 0 Å². The van der Waals surface area contributed by atoms with Gasteiger partial charge >= 0.3 is 0 Å². The van der Waals surface area contributed by atoms with Gasteiger partial charge in [0, 0.05) is 49.4 Å². The summed E-state index contributed by atoms with van der Waals surface area (Å²) in [4.78, 5) is 5.57. The van der Waals surface area contributed by atoms with Gasteiger partial charge in [-0.3, -0.25) is 14.5 Å². The molecule has 6 rings (SSSR count). The number of hydrogen-bond acceptors (Lipinski definition) is 4. The Balaban J connectivity index is 1.43. The van der Waals surface area contributed by atoms with Crippen LogP contribution in [-0.4, -0.2) is 58.4 Å². The van der Waals surface area contributed by atoms with E-state index in [2.05, 4.69) is 58.8 Å². The molecule has 0 spiro atoms. The molecule has 3 atom stereocenters. The van der Waals surface area contributed by atoms with Crippen molar-refractivity contribution in [3.8, 4) is 5.75 Å². The van der Waals surface area contributed by atoms with Gasteiger partial charge in [0.05, 0.1) is 12.8 Å². The lowest BCUT2D eigenvalue weighted by atomic mass is 9.75. The Labute approximate surface area is 174 Å². The third-order valence-electron chi connectivity index (χ3n) is 7.51. The van der Waals surface area contributed by atoms with E-state index in [0.717, 1.165) is 37.7 Å². The van der Waals surface area contributed by atoms with Crippen LogP contribution in [0.25, 0.3) is 0 Å². The Kier molecular flexibility index (Phi) is 5.12. The lowest BCUT2D eigenvalue weighted by Gasteiger charge is -2.51. The van der Waals surface area contributed by atoms with Crippen LogP contribution in [0.4, 0.5) is 0 Å². The first-order valence-corrected chi connectivity index (χ1v) is 11.3. The van der Waals surface area contributed by atoms with Gasteiger partial charge < -0.3 is 4.74 Å². The van der Waals surface area contributed by atoms with Crippen LogP contribution in [0.1, 0.15) is 48.9 Å². The van der Waals surface area contributed by atoms with E-state index < -0.39 is 0 Å². The van der Waals surface area contributed by atoms with Crippen molar-refractivity contribution in [2.75, 3.05) is 26.7 Å². The quantitative estimate of drug-likeness (QED) is 0.749. The number of piperidine rings is 3. The van der Waals surface area contributed by atoms with Gasteiger partial charge in [-0.2, -0.15) is 5.10 Å². The summed E-state index contributed by atoms with van der Waals surface area (Å²) in [6, 6.07) is 10.2. The molecule has 0 N–H and O–H groups in total. The van der Waals surface area contributed by atoms with E-state index in [4.69, 9.17) is 9.84 Å². The van der Waals surface area contributed by atoms with Crippen molar-refractivity contribution < 1.29 is 4.74 Å². The molecule has 2 bridgehead atoms. The van der Waals surface area contributed by atoms with E-state index in [1.54, 1.807) is 7.11 Å². The number of aromatic nitrogens is 2. The first-order valence-electron chi connectivity index (χ1n) is 11.3. The number of hydrogen-bond donors (Lipinski definition) is 0. The van der Waals surface area contributed by atoms with Crippen molar-refractivity contribution >= 4 is 0 Å². The van der Waals surface area contributed by atoms with E-state index in [1.807, 2.05) is 0 Å². The normalized spacial score (nSPS) is 31.2. The van der Waals surface area contributed by atoms with Crippen LogP contribution in [0.3, 0.4) is 0 Å². The Morgan fingerprint density at radius 3 is 2.55 bits per heavy atom. The Hall–Kier alpha value is -1.85. The molecule has 156 valence electrons. The van der Waals surface area contributed by atoms with Gasteiger partial charge in [-0.15, -0.1) is 0 Å². The van der Waals surface area contributed by atoms with Crippen LogP contribution in [0.15, 0.2) is 30.5 Å². The average molecular weight is 395 g/mol. The molecule has 29 heavy (non-hydrogen) atoms. The van der Waals surface area contributed by atoms with Gasteiger partial charge in [-0.05, 0) is 62.9 Å². The van der Waals surface area contributed by atoms with Crippen molar-refractivity contribution in [2.45, 2.75) is 64.2 Å². The third-order valence-corrected chi connectivity index (χ3v) is 7.51. The molecule has 4 aliphatic heterocycles. The van der Waals surface area contributed by atoms with E-state index in [0.29, 0.717) is 18.0 Å². The summed E-state index contributed by atoms with van der Waals surface area (Å²) in [6.45, 7) is 10.1. The Bertz CT molecular complexity index is 837. The SMILES string of the molecule is CCCn1cc(CN2C[C@H](c3ccc(OC)cc3)[C@H]3[C@@H]2C2CCN3CC2)c(C)n1. The fourth-order valence-corrected chi connectivity index (χ4v) is 6.14. The van der Waals surface area contributed by atoms with Gasteiger partial charge in [-0.1, -0.05) is 19.1 Å². The summed E-state index contributed by atoms with van der Waals surface area (Å²) in [7, 11) is 1.75. The summed E-state index contributed by atoms with van der Waals surface area (Å²) >= 11 is 0. The second-order valence-corrected chi connectivity index (χ2v) is 9.17. The molecule has 4 fully saturated rings. The highest BCUT2D eigenvalue weighted by atomic mass is 16.5. The molecular weight excluding hydrogens is 360 g/mol. The minimum Gasteiger partial charge on any atom is -0.497 e. The highest BCUT2D eigenvalue weighted by Crippen LogP contribution is 2.47. The minimum absolute atomic E-state index is 0.583. The predicted octanol–water partition coefficient (Wildman–Crippen LogP) is 3.67. The second kappa shape index (κ2) is 7.77. The number of aryl methyl sites for hydroxylation is 2. The molecule has 4 saturated heterocycles. The summed E-state index contributed by atoms with van der Waals surface area (Å²) in [5, 5.41) is 4.76. The molecule has 0 aliphatic carbocycles. The van der Waals surface area contributed by atoms with E-state index in [1.165, 1.54) is 42.8 Å². The molecule has 1 aromatic heterocycles. The van der Waals surface area contributed by atoms with E-state index in [9.17, 15) is 0 Å². The maximum atomic E-state index is 5.39. The summed E-state index contributed by atoms with van der Waals surface area (Å²) in [6.07, 6.45) is 6.14. The number of likely N-dealkylation sites (tertiary alicyclic amines) is 1. The fraction of sp³-hybridized carbons (Fsp3) is 0.625. The monoisotopic (exact) mass is 394 g/mol. The van der Waals surface area contributed by atoms with Crippen LogP contribution in [0, 0.1) is 12.8 Å². The van der Waals surface area contributed by atoms with Gasteiger partial charge in [-0.25, -0.2) is 0 Å². The first kappa shape index (κ1) is 19.1. The lowest BCUT2D eigenvalue weighted by Crippen LogP contribution is -2.59. The topological polar surface area (TPSA) is 33.5 Å². The third kappa shape index (κ3) is 3.38. The van der Waals surface area contributed by atoms with Crippen molar-refractivity contribution in [1.82, 2.24) is 19.6 Å². The minimum atomic E-state index is 0.583. The average Bonchev–Trinajstić information content (AvgIpc) is 3.31. The highest BCUT2D eigenvalue weighted by Gasteiger charge is 2.53. The lowest BCUT2D eigenvalue weighted by molar-refractivity contribution is -0.00873. The van der Waals surface area contributed by atoms with Crippen LogP contribution in [0.5, 0.6) is 5.75 Å². The smallest absolute Gasteiger partial charge is 0.118 e. The van der Waals surface area contributed by atoms with Crippen LogP contribution in [-0.2, 0) is 13.1 Å². The van der Waals surface area contributed by atoms with Crippen molar-refractivity contribution in [2.24, 2.45) is 5.92 Å². The second-order valence-electron chi connectivity index (χ2n) is 9.17. The number of ether oxygens (including phenoxy) is 1. The zero-order valence-electron chi connectivity index (χ0n) is 18.1. The molecule has 4 aliphatic rings. The van der Waals surface area contributed by atoms with E-state index >= 15 is 0 Å². The molecule has 0 saturated carbocycles. The Morgan fingerprint density at radius 2 is 1.86 bits per heavy atom. The van der Waals surface area contributed by atoms with Gasteiger partial charge in [0.1, 0.15) is 5.75 Å². The largest absolute Gasteiger partial charge is 0.497 e. The van der Waals surface area contributed by atoms with Crippen molar-refractivity contribution in [3.63, 3.8) is 0 Å². The summed E-state index contributed by atoms with van der Waals surface area (Å²) < 4.78 is 7.53. The number of nitrogens with zero attached hydrogens (tertiary/aromatic N) is 4. The van der Waals surface area contributed by atoms with Crippen molar-refractivity contribution in [3.05, 3.63) is 47.3 Å².